The summed E-state index contributed by atoms with van der Waals surface area (Å²) in [5.41, 5.74) is 0.944. The quantitative estimate of drug-likeness (QED) is 0.476. The monoisotopic (exact) mass is 338 g/mol. The number of halogens is 1. The largest absolute Gasteiger partial charge is 0.496 e. The zero-order valence-corrected chi connectivity index (χ0v) is 13.8. The van der Waals surface area contributed by atoms with E-state index >= 15 is 0 Å². The summed E-state index contributed by atoms with van der Waals surface area (Å²) >= 11 is 1.07. The number of thioether (sulfide) groups is 1. The molecular formula is C20H15FO2S. The van der Waals surface area contributed by atoms with Gasteiger partial charge in [0, 0.05) is 10.3 Å². The molecule has 4 heteroatoms. The van der Waals surface area contributed by atoms with Crippen LogP contribution in [0.3, 0.4) is 0 Å². The van der Waals surface area contributed by atoms with Crippen molar-refractivity contribution in [1.29, 1.82) is 0 Å². The molecule has 120 valence electrons. The summed E-state index contributed by atoms with van der Waals surface area (Å²) in [5, 5.41) is 1.91. The summed E-state index contributed by atoms with van der Waals surface area (Å²) in [6.07, 6.45) is 3.32. The molecule has 0 heterocycles. The first-order valence-corrected chi connectivity index (χ1v) is 8.20. The van der Waals surface area contributed by atoms with Gasteiger partial charge in [0.1, 0.15) is 11.6 Å². The van der Waals surface area contributed by atoms with Gasteiger partial charge in [-0.2, -0.15) is 0 Å². The van der Waals surface area contributed by atoms with Crippen LogP contribution in [0, 0.1) is 5.82 Å². The van der Waals surface area contributed by atoms with E-state index in [1.54, 1.807) is 25.3 Å². The summed E-state index contributed by atoms with van der Waals surface area (Å²) in [4.78, 5) is 12.8. The third kappa shape index (κ3) is 3.66. The second kappa shape index (κ2) is 7.32. The first-order chi connectivity index (χ1) is 11.7. The van der Waals surface area contributed by atoms with Gasteiger partial charge in [-0.25, -0.2) is 4.39 Å². The SMILES string of the molecule is COc1ccc(/C=C/C(=O)Sc2ccc(F)cc2)c2ccccc12. The number of methoxy groups -OCH3 is 1. The van der Waals surface area contributed by atoms with Crippen LogP contribution in [-0.4, -0.2) is 12.2 Å². The van der Waals surface area contributed by atoms with E-state index in [0.717, 1.165) is 33.8 Å². The Bertz CT molecular complexity index is 901. The lowest BCUT2D eigenvalue weighted by Gasteiger charge is -2.07. The highest BCUT2D eigenvalue weighted by Crippen LogP contribution is 2.29. The van der Waals surface area contributed by atoms with Gasteiger partial charge in [0.15, 0.2) is 0 Å². The highest BCUT2D eigenvalue weighted by molar-refractivity contribution is 8.14. The molecule has 0 saturated carbocycles. The summed E-state index contributed by atoms with van der Waals surface area (Å²) in [7, 11) is 1.64. The van der Waals surface area contributed by atoms with Crippen LogP contribution in [0.4, 0.5) is 4.39 Å². The average Bonchev–Trinajstić information content (AvgIpc) is 2.61. The maximum absolute atomic E-state index is 12.9. The van der Waals surface area contributed by atoms with Crippen molar-refractivity contribution in [3.8, 4) is 5.75 Å². The lowest BCUT2D eigenvalue weighted by Crippen LogP contribution is -1.88. The van der Waals surface area contributed by atoms with E-state index in [1.165, 1.54) is 18.2 Å². The number of carbonyl (C=O) groups excluding carboxylic acids is 1. The van der Waals surface area contributed by atoms with Gasteiger partial charge in [0.05, 0.1) is 7.11 Å². The molecule has 0 spiro atoms. The van der Waals surface area contributed by atoms with Gasteiger partial charge in [-0.3, -0.25) is 4.79 Å². The Hall–Kier alpha value is -2.59. The molecule has 2 nitrogen and oxygen atoms in total. The maximum atomic E-state index is 12.9. The van der Waals surface area contributed by atoms with E-state index in [0.29, 0.717) is 4.90 Å². The molecule has 0 aromatic heterocycles. The zero-order valence-electron chi connectivity index (χ0n) is 13.0. The van der Waals surface area contributed by atoms with Crippen LogP contribution in [0.25, 0.3) is 16.8 Å². The summed E-state index contributed by atoms with van der Waals surface area (Å²) in [6, 6.07) is 17.6. The Labute approximate surface area is 144 Å². The molecule has 0 bridgehead atoms. The Morgan fingerprint density at radius 1 is 1.00 bits per heavy atom. The van der Waals surface area contributed by atoms with E-state index in [2.05, 4.69) is 0 Å². The number of fused-ring (bicyclic) bond motifs is 1. The standard InChI is InChI=1S/C20H15FO2S/c1-23-19-12-6-14(17-4-2-3-5-18(17)19)7-13-20(22)24-16-10-8-15(21)9-11-16/h2-13H,1H3/b13-7+. The van der Waals surface area contributed by atoms with Crippen molar-refractivity contribution in [2.24, 2.45) is 0 Å². The van der Waals surface area contributed by atoms with Crippen LogP contribution in [0.5, 0.6) is 5.75 Å². The minimum Gasteiger partial charge on any atom is -0.496 e. The molecule has 3 rings (SSSR count). The summed E-state index contributed by atoms with van der Waals surface area (Å²) in [5.74, 6) is 0.488. The minimum absolute atomic E-state index is 0.110. The van der Waals surface area contributed by atoms with Crippen LogP contribution in [0.1, 0.15) is 5.56 Å². The summed E-state index contributed by atoms with van der Waals surface area (Å²) < 4.78 is 18.3. The average molecular weight is 338 g/mol. The van der Waals surface area contributed by atoms with Crippen molar-refractivity contribution in [2.45, 2.75) is 4.90 Å². The van der Waals surface area contributed by atoms with Gasteiger partial charge in [-0.1, -0.05) is 30.3 Å². The van der Waals surface area contributed by atoms with Crippen molar-refractivity contribution < 1.29 is 13.9 Å². The first-order valence-electron chi connectivity index (χ1n) is 7.38. The molecule has 0 unspecified atom stereocenters. The smallest absolute Gasteiger partial charge is 0.216 e. The minimum atomic E-state index is -0.313. The van der Waals surface area contributed by atoms with Crippen molar-refractivity contribution in [3.63, 3.8) is 0 Å². The third-order valence-corrected chi connectivity index (χ3v) is 4.41. The molecule has 0 amide bonds. The predicted octanol–water partition coefficient (Wildman–Crippen LogP) is 5.32. The second-order valence-electron chi connectivity index (χ2n) is 5.11. The molecule has 0 aliphatic heterocycles. The first kappa shape index (κ1) is 16.3. The Morgan fingerprint density at radius 3 is 2.42 bits per heavy atom. The lowest BCUT2D eigenvalue weighted by atomic mass is 10.0. The third-order valence-electron chi connectivity index (χ3n) is 3.57. The Balaban J connectivity index is 1.82. The van der Waals surface area contributed by atoms with E-state index in [9.17, 15) is 9.18 Å². The van der Waals surface area contributed by atoms with Crippen LogP contribution >= 0.6 is 11.8 Å². The van der Waals surface area contributed by atoms with Crippen LogP contribution in [0.15, 0.2) is 71.6 Å². The van der Waals surface area contributed by atoms with Crippen LogP contribution < -0.4 is 4.74 Å². The molecule has 0 saturated heterocycles. The zero-order chi connectivity index (χ0) is 16.9. The topological polar surface area (TPSA) is 26.3 Å². The van der Waals surface area contributed by atoms with Crippen LogP contribution in [0.2, 0.25) is 0 Å². The van der Waals surface area contributed by atoms with Gasteiger partial charge >= 0.3 is 0 Å². The summed E-state index contributed by atoms with van der Waals surface area (Å²) in [6.45, 7) is 0. The van der Waals surface area contributed by atoms with Crippen LogP contribution in [-0.2, 0) is 4.79 Å². The van der Waals surface area contributed by atoms with Crippen molar-refractivity contribution >= 4 is 33.7 Å². The maximum Gasteiger partial charge on any atom is 0.216 e. The van der Waals surface area contributed by atoms with E-state index < -0.39 is 0 Å². The molecule has 0 radical (unpaired) electrons. The number of benzene rings is 3. The normalized spacial score (nSPS) is 11.1. The number of hydrogen-bond acceptors (Lipinski definition) is 3. The van der Waals surface area contributed by atoms with E-state index in [4.69, 9.17) is 4.74 Å². The number of hydrogen-bond donors (Lipinski definition) is 0. The Morgan fingerprint density at radius 2 is 1.71 bits per heavy atom. The van der Waals surface area contributed by atoms with Gasteiger partial charge in [-0.15, -0.1) is 0 Å². The number of ether oxygens (including phenoxy) is 1. The van der Waals surface area contributed by atoms with Gasteiger partial charge in [0.2, 0.25) is 5.12 Å². The van der Waals surface area contributed by atoms with E-state index in [1.807, 2.05) is 36.4 Å². The lowest BCUT2D eigenvalue weighted by molar-refractivity contribution is -0.107. The Kier molecular flexibility index (Phi) is 4.96. The molecule has 0 atom stereocenters. The molecular weight excluding hydrogens is 323 g/mol. The fourth-order valence-electron chi connectivity index (χ4n) is 2.43. The van der Waals surface area contributed by atoms with Crippen molar-refractivity contribution in [1.82, 2.24) is 0 Å². The molecule has 0 aliphatic carbocycles. The molecule has 24 heavy (non-hydrogen) atoms. The molecule has 3 aromatic carbocycles. The molecule has 0 aliphatic rings. The van der Waals surface area contributed by atoms with Gasteiger partial charge < -0.3 is 4.74 Å². The van der Waals surface area contributed by atoms with Crippen molar-refractivity contribution in [3.05, 3.63) is 78.1 Å². The highest BCUT2D eigenvalue weighted by atomic mass is 32.2. The van der Waals surface area contributed by atoms with E-state index in [-0.39, 0.29) is 10.9 Å². The number of carbonyl (C=O) groups is 1. The second-order valence-corrected chi connectivity index (χ2v) is 6.19. The fraction of sp³-hybridized carbons (Fsp3) is 0.0500. The number of rotatable bonds is 4. The molecule has 0 fully saturated rings. The molecule has 0 N–H and O–H groups in total. The molecule has 3 aromatic rings. The fourth-order valence-corrected chi connectivity index (χ4v) is 3.07. The van der Waals surface area contributed by atoms with Gasteiger partial charge in [0.25, 0.3) is 0 Å². The highest BCUT2D eigenvalue weighted by Gasteiger charge is 2.05. The van der Waals surface area contributed by atoms with Crippen molar-refractivity contribution in [2.75, 3.05) is 7.11 Å². The van der Waals surface area contributed by atoms with Gasteiger partial charge in [-0.05, 0) is 65.2 Å². The predicted molar refractivity (Wildman–Crippen MR) is 96.8 cm³/mol.